The number of nitrogens with zero attached hydrogens (tertiary/aromatic N) is 4. The number of aliphatic hydroxyl groups excluding tert-OH is 1. The first-order chi connectivity index (χ1) is 17.1. The highest BCUT2D eigenvalue weighted by Gasteiger charge is 2.11. The zero-order valence-electron chi connectivity index (χ0n) is 19.8. The summed E-state index contributed by atoms with van der Waals surface area (Å²) in [4.78, 5) is 29.9. The molecule has 1 unspecified atom stereocenters. The second-order valence-corrected chi connectivity index (χ2v) is 8.08. The van der Waals surface area contributed by atoms with Crippen molar-refractivity contribution < 1.29 is 9.90 Å². The van der Waals surface area contributed by atoms with E-state index in [0.29, 0.717) is 30.2 Å². The predicted molar refractivity (Wildman–Crippen MR) is 137 cm³/mol. The largest absolute Gasteiger partial charge is 0.394 e. The molecule has 35 heavy (non-hydrogen) atoms. The maximum atomic E-state index is 12.2. The van der Waals surface area contributed by atoms with Gasteiger partial charge in [-0.2, -0.15) is 0 Å². The van der Waals surface area contributed by atoms with Crippen LogP contribution in [0.25, 0.3) is 22.2 Å². The van der Waals surface area contributed by atoms with Crippen molar-refractivity contribution >= 4 is 28.4 Å². The third-order valence-corrected chi connectivity index (χ3v) is 5.82. The summed E-state index contributed by atoms with van der Waals surface area (Å²) >= 11 is 0. The minimum Gasteiger partial charge on any atom is -0.394 e. The van der Waals surface area contributed by atoms with Crippen molar-refractivity contribution in [1.29, 1.82) is 0 Å². The summed E-state index contributed by atoms with van der Waals surface area (Å²) in [5.74, 6) is 1.30. The molecule has 3 aromatic heterocycles. The molecule has 1 amide bonds. The average Bonchev–Trinajstić information content (AvgIpc) is 2.91. The summed E-state index contributed by atoms with van der Waals surface area (Å²) in [6.07, 6.45) is 6.47. The molecule has 4 rings (SSSR count). The van der Waals surface area contributed by atoms with Gasteiger partial charge in [-0.15, -0.1) is 0 Å². The van der Waals surface area contributed by atoms with Gasteiger partial charge >= 0.3 is 0 Å². The van der Waals surface area contributed by atoms with Crippen LogP contribution in [0.5, 0.6) is 0 Å². The van der Waals surface area contributed by atoms with Gasteiger partial charge in [-0.05, 0) is 36.6 Å². The van der Waals surface area contributed by atoms with E-state index in [-0.39, 0.29) is 18.6 Å². The van der Waals surface area contributed by atoms with Crippen LogP contribution in [0.1, 0.15) is 29.3 Å². The molecule has 0 aliphatic rings. The van der Waals surface area contributed by atoms with E-state index in [1.54, 1.807) is 25.5 Å². The van der Waals surface area contributed by atoms with Crippen molar-refractivity contribution in [2.45, 2.75) is 25.8 Å². The molecule has 0 aliphatic carbocycles. The molecule has 9 nitrogen and oxygen atoms in total. The maximum absolute atomic E-state index is 12.2. The lowest BCUT2D eigenvalue weighted by Crippen LogP contribution is -2.23. The lowest BCUT2D eigenvalue weighted by atomic mass is 10.0. The van der Waals surface area contributed by atoms with E-state index in [1.807, 2.05) is 43.3 Å². The van der Waals surface area contributed by atoms with Crippen molar-refractivity contribution in [3.63, 3.8) is 0 Å². The number of hydrogen-bond acceptors (Lipinski definition) is 8. The van der Waals surface area contributed by atoms with Gasteiger partial charge in [0.1, 0.15) is 18.0 Å². The number of pyridine rings is 2. The highest BCUT2D eigenvalue weighted by atomic mass is 16.3. The molecule has 0 radical (unpaired) electrons. The van der Waals surface area contributed by atoms with E-state index >= 15 is 0 Å². The maximum Gasteiger partial charge on any atom is 0.251 e. The fraction of sp³-hybridized carbons (Fsp3) is 0.269. The normalized spacial score (nSPS) is 11.7. The third-order valence-electron chi connectivity index (χ3n) is 5.82. The van der Waals surface area contributed by atoms with Crippen molar-refractivity contribution in [1.82, 2.24) is 25.3 Å². The zero-order valence-corrected chi connectivity index (χ0v) is 19.8. The molecular formula is C26H29N7O2. The lowest BCUT2D eigenvalue weighted by molar-refractivity contribution is 0.0964. The molecule has 0 aliphatic heterocycles. The van der Waals surface area contributed by atoms with Crippen LogP contribution in [0.15, 0.2) is 61.2 Å². The van der Waals surface area contributed by atoms with E-state index in [4.69, 9.17) is 0 Å². The first-order valence-electron chi connectivity index (χ1n) is 11.6. The second kappa shape index (κ2) is 11.3. The Kier molecular flexibility index (Phi) is 7.79. The minimum absolute atomic E-state index is 0.0180. The van der Waals surface area contributed by atoms with Crippen LogP contribution in [-0.2, 0) is 6.42 Å². The SMILES string of the molecule is CCC(CO)Nc1ccc(-c2cc(NCCc3cccc4c(C(=O)NC)ccnc34)ncn2)cn1. The summed E-state index contributed by atoms with van der Waals surface area (Å²) in [7, 11) is 1.62. The molecule has 9 heteroatoms. The van der Waals surface area contributed by atoms with E-state index < -0.39 is 0 Å². The van der Waals surface area contributed by atoms with Gasteiger partial charge in [-0.1, -0.05) is 25.1 Å². The van der Waals surface area contributed by atoms with Gasteiger partial charge < -0.3 is 21.1 Å². The quantitative estimate of drug-likeness (QED) is 0.278. The van der Waals surface area contributed by atoms with E-state index in [1.165, 1.54) is 6.33 Å². The van der Waals surface area contributed by atoms with E-state index in [9.17, 15) is 9.90 Å². The Morgan fingerprint density at radius 1 is 1.06 bits per heavy atom. The van der Waals surface area contributed by atoms with Crippen molar-refractivity contribution in [2.75, 3.05) is 30.8 Å². The number of amides is 1. The first kappa shape index (κ1) is 24.0. The van der Waals surface area contributed by atoms with Crippen LogP contribution in [0, 0.1) is 0 Å². The van der Waals surface area contributed by atoms with Gasteiger partial charge in [0, 0.05) is 43.0 Å². The molecule has 180 valence electrons. The van der Waals surface area contributed by atoms with Crippen LogP contribution >= 0.6 is 0 Å². The second-order valence-electron chi connectivity index (χ2n) is 8.08. The van der Waals surface area contributed by atoms with Crippen LogP contribution in [0.3, 0.4) is 0 Å². The Morgan fingerprint density at radius 2 is 1.94 bits per heavy atom. The number of aromatic nitrogens is 4. The summed E-state index contributed by atoms with van der Waals surface area (Å²) in [5, 5.41) is 19.4. The van der Waals surface area contributed by atoms with Gasteiger partial charge in [0.05, 0.1) is 29.4 Å². The average molecular weight is 472 g/mol. The molecule has 0 spiro atoms. The Bertz CT molecular complexity index is 1290. The highest BCUT2D eigenvalue weighted by Crippen LogP contribution is 2.22. The molecule has 0 saturated carbocycles. The fourth-order valence-corrected chi connectivity index (χ4v) is 3.83. The summed E-state index contributed by atoms with van der Waals surface area (Å²) in [6.45, 7) is 2.71. The molecule has 3 heterocycles. The number of fused-ring (bicyclic) bond motifs is 1. The number of carbonyl (C=O) groups is 1. The Morgan fingerprint density at radius 3 is 2.69 bits per heavy atom. The van der Waals surface area contributed by atoms with E-state index in [2.05, 4.69) is 35.9 Å². The monoisotopic (exact) mass is 471 g/mol. The smallest absolute Gasteiger partial charge is 0.251 e. The molecule has 4 aromatic rings. The molecular weight excluding hydrogens is 442 g/mol. The van der Waals surface area contributed by atoms with Crippen LogP contribution in [-0.4, -0.2) is 57.2 Å². The number of aliphatic hydroxyl groups is 1. The van der Waals surface area contributed by atoms with Gasteiger partial charge in [0.15, 0.2) is 0 Å². The topological polar surface area (TPSA) is 125 Å². The zero-order chi connectivity index (χ0) is 24.6. The number of hydrogen-bond donors (Lipinski definition) is 4. The van der Waals surface area contributed by atoms with Crippen molar-refractivity contribution in [3.8, 4) is 11.3 Å². The lowest BCUT2D eigenvalue weighted by Gasteiger charge is -2.14. The number of benzene rings is 1. The Labute approximate surface area is 204 Å². The van der Waals surface area contributed by atoms with Crippen molar-refractivity contribution in [2.24, 2.45) is 0 Å². The third kappa shape index (κ3) is 5.70. The van der Waals surface area contributed by atoms with Gasteiger partial charge in [0.25, 0.3) is 5.91 Å². The van der Waals surface area contributed by atoms with Crippen LogP contribution in [0.4, 0.5) is 11.6 Å². The van der Waals surface area contributed by atoms with Crippen LogP contribution < -0.4 is 16.0 Å². The molecule has 0 saturated heterocycles. The number of anilines is 2. The minimum atomic E-state index is -0.127. The van der Waals surface area contributed by atoms with Gasteiger partial charge in [0.2, 0.25) is 0 Å². The van der Waals surface area contributed by atoms with Crippen LogP contribution in [0.2, 0.25) is 0 Å². The summed E-state index contributed by atoms with van der Waals surface area (Å²) < 4.78 is 0. The predicted octanol–water partition coefficient (Wildman–Crippen LogP) is 3.28. The fourth-order valence-electron chi connectivity index (χ4n) is 3.83. The van der Waals surface area contributed by atoms with E-state index in [0.717, 1.165) is 34.1 Å². The number of carbonyl (C=O) groups excluding carboxylic acids is 1. The molecule has 1 atom stereocenters. The van der Waals surface area contributed by atoms with Crippen molar-refractivity contribution in [3.05, 3.63) is 72.3 Å². The Hall–Kier alpha value is -4.11. The Balaban J connectivity index is 1.43. The first-order valence-corrected chi connectivity index (χ1v) is 11.6. The number of rotatable bonds is 10. The molecule has 4 N–H and O–H groups in total. The molecule has 0 fully saturated rings. The summed E-state index contributed by atoms with van der Waals surface area (Å²) in [6, 6.07) is 13.3. The standard InChI is InChI=1S/C26H29N7O2/c1-3-19(15-34)33-23-8-7-18(14-30-23)22-13-24(32-16-31-22)28-11-9-17-5-4-6-20-21(26(35)27-2)10-12-29-25(17)20/h4-8,10,12-14,16,19,34H,3,9,11,15H2,1-2H3,(H,27,35)(H,30,33)(H,28,31,32). The highest BCUT2D eigenvalue weighted by molar-refractivity contribution is 6.06. The van der Waals surface area contributed by atoms with Gasteiger partial charge in [-0.25, -0.2) is 15.0 Å². The van der Waals surface area contributed by atoms with Gasteiger partial charge in [-0.3, -0.25) is 9.78 Å². The number of para-hydroxylation sites is 1. The molecule has 1 aromatic carbocycles. The molecule has 0 bridgehead atoms. The number of nitrogens with one attached hydrogen (secondary N) is 3. The summed E-state index contributed by atoms with van der Waals surface area (Å²) in [5.41, 5.74) is 4.13.